The maximum absolute atomic E-state index is 10.3. The van der Waals surface area contributed by atoms with Gasteiger partial charge in [0, 0.05) is 18.7 Å². The number of nitrogens with zero attached hydrogens (tertiary/aromatic N) is 1. The lowest BCUT2D eigenvalue weighted by Gasteiger charge is -2.21. The smallest absolute Gasteiger partial charge is 0.119 e. The fraction of sp³-hybridized carbons (Fsp3) is 0.308. The van der Waals surface area contributed by atoms with E-state index >= 15 is 0 Å². The molecule has 3 N–H and O–H groups in total. The normalized spacial score (nSPS) is 14.2. The summed E-state index contributed by atoms with van der Waals surface area (Å²) >= 11 is 1.43. The predicted octanol–water partition coefficient (Wildman–Crippen LogP) is 1.93. The third-order valence-electron chi connectivity index (χ3n) is 2.90. The van der Waals surface area contributed by atoms with Gasteiger partial charge in [-0.3, -0.25) is 4.98 Å². The third-order valence-corrected chi connectivity index (χ3v) is 3.75. The van der Waals surface area contributed by atoms with Gasteiger partial charge in [-0.15, -0.1) is 11.3 Å². The standard InChI is InChI=1S/C13H16N2O2S/c1-17-10-4-2-3-9(5-10)11(6-14)13(16)12-7-15-8-18-12/h2-5,7-8,11,13,16H,6,14H2,1H3. The van der Waals surface area contributed by atoms with Crippen molar-refractivity contribution < 1.29 is 9.84 Å². The summed E-state index contributed by atoms with van der Waals surface area (Å²) < 4.78 is 5.19. The van der Waals surface area contributed by atoms with Crippen LogP contribution in [-0.2, 0) is 0 Å². The first-order valence-electron chi connectivity index (χ1n) is 5.66. The summed E-state index contributed by atoms with van der Waals surface area (Å²) in [6, 6.07) is 7.62. The van der Waals surface area contributed by atoms with E-state index in [2.05, 4.69) is 4.98 Å². The number of aliphatic hydroxyl groups excluding tert-OH is 1. The molecule has 0 saturated carbocycles. The van der Waals surface area contributed by atoms with E-state index in [-0.39, 0.29) is 5.92 Å². The van der Waals surface area contributed by atoms with Crippen LogP contribution in [-0.4, -0.2) is 23.7 Å². The van der Waals surface area contributed by atoms with Crippen molar-refractivity contribution >= 4 is 11.3 Å². The van der Waals surface area contributed by atoms with Crippen molar-refractivity contribution in [1.29, 1.82) is 0 Å². The Morgan fingerprint density at radius 2 is 2.33 bits per heavy atom. The van der Waals surface area contributed by atoms with Crippen LogP contribution in [0, 0.1) is 0 Å². The maximum atomic E-state index is 10.3. The van der Waals surface area contributed by atoms with Gasteiger partial charge in [0.25, 0.3) is 0 Å². The van der Waals surface area contributed by atoms with Crippen LogP contribution in [0.5, 0.6) is 5.75 Å². The fourth-order valence-electron chi connectivity index (χ4n) is 1.89. The minimum absolute atomic E-state index is 0.152. The van der Waals surface area contributed by atoms with Gasteiger partial charge in [0.15, 0.2) is 0 Å². The number of hydrogen-bond donors (Lipinski definition) is 2. The molecule has 0 fully saturated rings. The van der Waals surface area contributed by atoms with E-state index in [9.17, 15) is 5.11 Å². The highest BCUT2D eigenvalue weighted by Gasteiger charge is 2.23. The first-order valence-corrected chi connectivity index (χ1v) is 6.54. The van der Waals surface area contributed by atoms with Crippen molar-refractivity contribution in [2.75, 3.05) is 13.7 Å². The lowest BCUT2D eigenvalue weighted by Crippen LogP contribution is -2.19. The summed E-state index contributed by atoms with van der Waals surface area (Å²) in [4.78, 5) is 4.81. The van der Waals surface area contributed by atoms with Gasteiger partial charge in [-0.25, -0.2) is 0 Å². The van der Waals surface area contributed by atoms with Gasteiger partial charge in [0.2, 0.25) is 0 Å². The Morgan fingerprint density at radius 3 is 2.94 bits per heavy atom. The Balaban J connectivity index is 2.27. The molecule has 0 amide bonds. The molecular weight excluding hydrogens is 248 g/mol. The molecule has 0 aliphatic rings. The minimum atomic E-state index is -0.630. The summed E-state index contributed by atoms with van der Waals surface area (Å²) in [5, 5.41) is 10.3. The fourth-order valence-corrected chi connectivity index (χ4v) is 2.56. The number of nitrogens with two attached hydrogens (primary N) is 1. The molecule has 2 rings (SSSR count). The maximum Gasteiger partial charge on any atom is 0.119 e. The molecule has 0 spiro atoms. The largest absolute Gasteiger partial charge is 0.497 e. The van der Waals surface area contributed by atoms with E-state index in [1.165, 1.54) is 11.3 Å². The first kappa shape index (κ1) is 13.0. The highest BCUT2D eigenvalue weighted by molar-refractivity contribution is 7.09. The van der Waals surface area contributed by atoms with Crippen LogP contribution >= 0.6 is 11.3 Å². The van der Waals surface area contributed by atoms with E-state index in [4.69, 9.17) is 10.5 Å². The summed E-state index contributed by atoms with van der Waals surface area (Å²) in [6.07, 6.45) is 1.05. The SMILES string of the molecule is COc1cccc(C(CN)C(O)c2cncs2)c1. The third kappa shape index (κ3) is 2.69. The van der Waals surface area contributed by atoms with Crippen LogP contribution in [0.4, 0.5) is 0 Å². The topological polar surface area (TPSA) is 68.4 Å². The number of thiazole rings is 1. The molecule has 1 aromatic heterocycles. The van der Waals surface area contributed by atoms with E-state index in [1.54, 1.807) is 18.8 Å². The average Bonchev–Trinajstić information content (AvgIpc) is 2.93. The molecule has 2 aromatic rings. The Hall–Kier alpha value is -1.43. The lowest BCUT2D eigenvalue weighted by molar-refractivity contribution is 0.151. The summed E-state index contributed by atoms with van der Waals surface area (Å²) in [6.45, 7) is 0.367. The summed E-state index contributed by atoms with van der Waals surface area (Å²) in [5.41, 5.74) is 8.46. The van der Waals surface area contributed by atoms with Crippen molar-refractivity contribution in [2.45, 2.75) is 12.0 Å². The zero-order chi connectivity index (χ0) is 13.0. The van der Waals surface area contributed by atoms with Gasteiger partial charge in [-0.1, -0.05) is 12.1 Å². The minimum Gasteiger partial charge on any atom is -0.497 e. The molecule has 0 aliphatic carbocycles. The zero-order valence-corrected chi connectivity index (χ0v) is 10.9. The van der Waals surface area contributed by atoms with Crippen LogP contribution in [0.1, 0.15) is 22.5 Å². The van der Waals surface area contributed by atoms with Crippen LogP contribution in [0.15, 0.2) is 36.0 Å². The van der Waals surface area contributed by atoms with Crippen molar-refractivity contribution in [3.05, 3.63) is 46.4 Å². The van der Waals surface area contributed by atoms with E-state index in [0.717, 1.165) is 16.2 Å². The molecule has 4 nitrogen and oxygen atoms in total. The number of rotatable bonds is 5. The molecule has 1 aromatic carbocycles. The lowest BCUT2D eigenvalue weighted by atomic mass is 9.92. The van der Waals surface area contributed by atoms with Gasteiger partial charge in [-0.05, 0) is 17.7 Å². The van der Waals surface area contributed by atoms with Crippen LogP contribution < -0.4 is 10.5 Å². The zero-order valence-electron chi connectivity index (χ0n) is 10.1. The Bertz CT molecular complexity index is 487. The van der Waals surface area contributed by atoms with E-state index in [0.29, 0.717) is 6.54 Å². The number of aromatic nitrogens is 1. The van der Waals surface area contributed by atoms with E-state index < -0.39 is 6.10 Å². The Labute approximate surface area is 110 Å². The molecule has 0 radical (unpaired) electrons. The van der Waals surface area contributed by atoms with Crippen molar-refractivity contribution in [3.8, 4) is 5.75 Å². The number of hydrogen-bond acceptors (Lipinski definition) is 5. The molecule has 2 atom stereocenters. The molecule has 0 bridgehead atoms. The molecule has 0 saturated heterocycles. The quantitative estimate of drug-likeness (QED) is 0.866. The van der Waals surface area contributed by atoms with Crippen molar-refractivity contribution in [3.63, 3.8) is 0 Å². The monoisotopic (exact) mass is 264 g/mol. The van der Waals surface area contributed by atoms with Gasteiger partial charge in [0.05, 0.1) is 23.6 Å². The molecule has 5 heteroatoms. The van der Waals surface area contributed by atoms with Crippen LogP contribution in [0.3, 0.4) is 0 Å². The van der Waals surface area contributed by atoms with Gasteiger partial charge in [-0.2, -0.15) is 0 Å². The average molecular weight is 264 g/mol. The highest BCUT2D eigenvalue weighted by Crippen LogP contribution is 2.33. The van der Waals surface area contributed by atoms with E-state index in [1.807, 2.05) is 24.3 Å². The summed E-state index contributed by atoms with van der Waals surface area (Å²) in [5.74, 6) is 0.614. The molecule has 1 heterocycles. The van der Waals surface area contributed by atoms with Crippen molar-refractivity contribution in [2.24, 2.45) is 5.73 Å². The van der Waals surface area contributed by atoms with Crippen molar-refractivity contribution in [1.82, 2.24) is 4.98 Å². The van der Waals surface area contributed by atoms with Gasteiger partial charge in [0.1, 0.15) is 5.75 Å². The second-order valence-electron chi connectivity index (χ2n) is 3.97. The number of methoxy groups -OCH3 is 1. The molecular formula is C13H16N2O2S. The Kier molecular flexibility index (Phi) is 4.30. The Morgan fingerprint density at radius 1 is 1.50 bits per heavy atom. The predicted molar refractivity (Wildman–Crippen MR) is 71.9 cm³/mol. The molecule has 0 aliphatic heterocycles. The summed E-state index contributed by atoms with van der Waals surface area (Å²) in [7, 11) is 1.62. The number of benzene rings is 1. The molecule has 2 unspecified atom stereocenters. The van der Waals surface area contributed by atoms with Gasteiger partial charge >= 0.3 is 0 Å². The molecule has 96 valence electrons. The number of aliphatic hydroxyl groups is 1. The second kappa shape index (κ2) is 5.95. The van der Waals surface area contributed by atoms with Crippen LogP contribution in [0.25, 0.3) is 0 Å². The number of ether oxygens (including phenoxy) is 1. The second-order valence-corrected chi connectivity index (χ2v) is 4.89. The first-order chi connectivity index (χ1) is 8.76. The molecule has 18 heavy (non-hydrogen) atoms. The van der Waals surface area contributed by atoms with Crippen LogP contribution in [0.2, 0.25) is 0 Å². The van der Waals surface area contributed by atoms with Gasteiger partial charge < -0.3 is 15.6 Å². The highest BCUT2D eigenvalue weighted by atomic mass is 32.1.